The molecule has 0 radical (unpaired) electrons. The Balaban J connectivity index is 1.59. The number of hydrogen-bond acceptors (Lipinski definition) is 4. The highest BCUT2D eigenvalue weighted by Crippen LogP contribution is 2.18. The van der Waals surface area contributed by atoms with Crippen LogP contribution in [0.5, 0.6) is 0 Å². The molecule has 1 atom stereocenters. The van der Waals surface area contributed by atoms with E-state index in [2.05, 4.69) is 15.0 Å². The van der Waals surface area contributed by atoms with E-state index in [1.807, 2.05) is 11.8 Å². The van der Waals surface area contributed by atoms with E-state index >= 15 is 0 Å². The molecule has 1 fully saturated rings. The van der Waals surface area contributed by atoms with Crippen molar-refractivity contribution >= 4 is 11.6 Å². The third-order valence-electron chi connectivity index (χ3n) is 3.97. The molecule has 7 heteroatoms. The first-order chi connectivity index (χ1) is 10.6. The van der Waals surface area contributed by atoms with E-state index < -0.39 is 0 Å². The predicted molar refractivity (Wildman–Crippen MR) is 79.9 cm³/mol. The molecule has 0 unspecified atom stereocenters. The van der Waals surface area contributed by atoms with Gasteiger partial charge < -0.3 is 9.80 Å². The summed E-state index contributed by atoms with van der Waals surface area (Å²) in [6.07, 6.45) is 2.98. The second kappa shape index (κ2) is 6.13. The van der Waals surface area contributed by atoms with Crippen LogP contribution in [0, 0.1) is 5.82 Å². The summed E-state index contributed by atoms with van der Waals surface area (Å²) in [6.45, 7) is 4.59. The molecule has 1 aromatic carbocycles. The molecule has 1 aromatic heterocycles. The molecule has 0 N–H and O–H groups in total. The van der Waals surface area contributed by atoms with E-state index in [0.29, 0.717) is 13.1 Å². The van der Waals surface area contributed by atoms with Crippen LogP contribution in [0.25, 0.3) is 0 Å². The van der Waals surface area contributed by atoms with Crippen LogP contribution in [0.15, 0.2) is 36.9 Å². The average molecular weight is 303 g/mol. The van der Waals surface area contributed by atoms with Gasteiger partial charge in [-0.25, -0.2) is 14.1 Å². The zero-order valence-corrected chi connectivity index (χ0v) is 12.4. The van der Waals surface area contributed by atoms with E-state index in [1.165, 1.54) is 18.5 Å². The van der Waals surface area contributed by atoms with Crippen LogP contribution in [0.2, 0.25) is 0 Å². The number of hydrogen-bond donors (Lipinski definition) is 0. The molecule has 0 saturated carbocycles. The molecule has 6 nitrogen and oxygen atoms in total. The molecule has 1 aliphatic heterocycles. The number of rotatable bonds is 3. The first-order valence-electron chi connectivity index (χ1n) is 7.28. The van der Waals surface area contributed by atoms with Gasteiger partial charge in [-0.3, -0.25) is 4.79 Å². The molecule has 1 amide bonds. The molecule has 1 aliphatic rings. The van der Waals surface area contributed by atoms with Crippen molar-refractivity contribution in [2.45, 2.75) is 13.0 Å². The number of carbonyl (C=O) groups excluding carboxylic acids is 1. The van der Waals surface area contributed by atoms with E-state index in [0.717, 1.165) is 18.8 Å². The molecule has 0 aliphatic carbocycles. The van der Waals surface area contributed by atoms with Gasteiger partial charge in [0.25, 0.3) is 0 Å². The van der Waals surface area contributed by atoms with Crippen molar-refractivity contribution in [1.82, 2.24) is 19.7 Å². The number of carbonyl (C=O) groups is 1. The van der Waals surface area contributed by atoms with Crippen molar-refractivity contribution < 1.29 is 9.18 Å². The maximum Gasteiger partial charge on any atom is 0.247 e. The number of nitrogens with zero attached hydrogens (tertiary/aromatic N) is 5. The van der Waals surface area contributed by atoms with E-state index in [1.54, 1.807) is 23.1 Å². The Hall–Kier alpha value is -2.44. The van der Waals surface area contributed by atoms with Crippen LogP contribution in [0.1, 0.15) is 13.0 Å². The monoisotopic (exact) mass is 303 g/mol. The quantitative estimate of drug-likeness (QED) is 0.858. The lowest BCUT2D eigenvalue weighted by Crippen LogP contribution is -2.50. The number of amides is 1. The summed E-state index contributed by atoms with van der Waals surface area (Å²) in [7, 11) is 0. The Morgan fingerprint density at radius 2 is 1.86 bits per heavy atom. The van der Waals surface area contributed by atoms with Gasteiger partial charge in [-0.05, 0) is 31.2 Å². The predicted octanol–water partition coefficient (Wildman–Crippen LogP) is 1.33. The van der Waals surface area contributed by atoms with Crippen molar-refractivity contribution in [3.63, 3.8) is 0 Å². The average Bonchev–Trinajstić information content (AvgIpc) is 3.09. The lowest BCUT2D eigenvalue weighted by molar-refractivity contribution is -0.134. The van der Waals surface area contributed by atoms with Gasteiger partial charge in [-0.2, -0.15) is 5.10 Å². The van der Waals surface area contributed by atoms with Gasteiger partial charge in [-0.1, -0.05) is 0 Å². The van der Waals surface area contributed by atoms with Crippen molar-refractivity contribution in [1.29, 1.82) is 0 Å². The fraction of sp³-hybridized carbons (Fsp3) is 0.400. The number of aromatic nitrogens is 3. The lowest BCUT2D eigenvalue weighted by Gasteiger charge is -2.37. The highest BCUT2D eigenvalue weighted by molar-refractivity contribution is 5.80. The van der Waals surface area contributed by atoms with Gasteiger partial charge >= 0.3 is 0 Å². The minimum absolute atomic E-state index is 0.0456. The first kappa shape index (κ1) is 14.5. The standard InChI is InChI=1S/C15H18FN5O/c1-12(21-11-17-10-18-21)15(22)20-8-6-19(7-9-20)14-4-2-13(16)3-5-14/h2-5,10-12H,6-9H2,1H3/t12-/m1/s1. The fourth-order valence-electron chi connectivity index (χ4n) is 2.63. The molecule has 0 spiro atoms. The molecule has 116 valence electrons. The Morgan fingerprint density at radius 1 is 1.18 bits per heavy atom. The number of benzene rings is 1. The van der Waals surface area contributed by atoms with E-state index in [-0.39, 0.29) is 17.8 Å². The van der Waals surface area contributed by atoms with Crippen LogP contribution >= 0.6 is 0 Å². The lowest BCUT2D eigenvalue weighted by atomic mass is 10.2. The van der Waals surface area contributed by atoms with Gasteiger partial charge in [0.2, 0.25) is 5.91 Å². The normalized spacial score (nSPS) is 16.6. The van der Waals surface area contributed by atoms with Crippen molar-refractivity contribution in [3.8, 4) is 0 Å². The molecular formula is C15H18FN5O. The van der Waals surface area contributed by atoms with Gasteiger partial charge in [0.05, 0.1) is 0 Å². The van der Waals surface area contributed by atoms with Crippen molar-refractivity contribution in [2.24, 2.45) is 0 Å². The van der Waals surface area contributed by atoms with Crippen LogP contribution in [-0.4, -0.2) is 51.8 Å². The first-order valence-corrected chi connectivity index (χ1v) is 7.28. The summed E-state index contributed by atoms with van der Waals surface area (Å²) >= 11 is 0. The fourth-order valence-corrected chi connectivity index (χ4v) is 2.63. The molecule has 0 bridgehead atoms. The molecular weight excluding hydrogens is 285 g/mol. The van der Waals surface area contributed by atoms with Crippen molar-refractivity contribution in [2.75, 3.05) is 31.1 Å². The Morgan fingerprint density at radius 3 is 2.45 bits per heavy atom. The molecule has 3 rings (SSSR count). The zero-order valence-electron chi connectivity index (χ0n) is 12.4. The summed E-state index contributed by atoms with van der Waals surface area (Å²) in [5.41, 5.74) is 0.984. The molecule has 22 heavy (non-hydrogen) atoms. The second-order valence-corrected chi connectivity index (χ2v) is 5.34. The Labute approximate surface area is 128 Å². The van der Waals surface area contributed by atoms with E-state index in [4.69, 9.17) is 0 Å². The number of halogens is 1. The van der Waals surface area contributed by atoms with Crippen molar-refractivity contribution in [3.05, 3.63) is 42.7 Å². The Bertz CT molecular complexity index is 620. The summed E-state index contributed by atoms with van der Waals surface area (Å²) in [4.78, 5) is 20.3. The molecule has 1 saturated heterocycles. The maximum absolute atomic E-state index is 13.0. The summed E-state index contributed by atoms with van der Waals surface area (Å²) in [5.74, 6) is -0.191. The van der Waals surface area contributed by atoms with Gasteiger partial charge in [0.15, 0.2) is 0 Å². The Kier molecular flexibility index (Phi) is 4.04. The van der Waals surface area contributed by atoms with Crippen LogP contribution in [-0.2, 0) is 4.79 Å². The number of piperazine rings is 1. The SMILES string of the molecule is C[C@H](C(=O)N1CCN(c2ccc(F)cc2)CC1)n1cncn1. The molecule has 2 aromatic rings. The third kappa shape index (κ3) is 2.93. The largest absolute Gasteiger partial charge is 0.368 e. The van der Waals surface area contributed by atoms with Crippen LogP contribution in [0.4, 0.5) is 10.1 Å². The maximum atomic E-state index is 13.0. The summed E-state index contributed by atoms with van der Waals surface area (Å²) in [6, 6.07) is 6.11. The highest BCUT2D eigenvalue weighted by Gasteiger charge is 2.26. The smallest absolute Gasteiger partial charge is 0.247 e. The van der Waals surface area contributed by atoms with Crippen LogP contribution < -0.4 is 4.90 Å². The van der Waals surface area contributed by atoms with Gasteiger partial charge in [0, 0.05) is 31.9 Å². The van der Waals surface area contributed by atoms with E-state index in [9.17, 15) is 9.18 Å². The minimum atomic E-state index is -0.347. The summed E-state index contributed by atoms with van der Waals surface area (Å²) < 4.78 is 14.5. The highest BCUT2D eigenvalue weighted by atomic mass is 19.1. The number of anilines is 1. The molecule has 2 heterocycles. The minimum Gasteiger partial charge on any atom is -0.368 e. The third-order valence-corrected chi connectivity index (χ3v) is 3.97. The van der Waals surface area contributed by atoms with Gasteiger partial charge in [0.1, 0.15) is 24.5 Å². The van der Waals surface area contributed by atoms with Crippen LogP contribution in [0.3, 0.4) is 0 Å². The topological polar surface area (TPSA) is 54.3 Å². The zero-order chi connectivity index (χ0) is 15.5. The van der Waals surface area contributed by atoms with Gasteiger partial charge in [-0.15, -0.1) is 0 Å². The second-order valence-electron chi connectivity index (χ2n) is 5.34. The summed E-state index contributed by atoms with van der Waals surface area (Å²) in [5, 5.41) is 4.01.